The average Bonchev–Trinajstić information content (AvgIpc) is 3.25. The van der Waals surface area contributed by atoms with E-state index in [9.17, 15) is 0 Å². The third-order valence-electron chi connectivity index (χ3n) is 5.22. The van der Waals surface area contributed by atoms with E-state index in [0.29, 0.717) is 5.92 Å². The van der Waals surface area contributed by atoms with Crippen molar-refractivity contribution in [2.45, 2.75) is 32.7 Å². The van der Waals surface area contributed by atoms with Crippen LogP contribution in [0.25, 0.3) is 22.2 Å². The molecule has 1 aromatic heterocycles. The van der Waals surface area contributed by atoms with Gasteiger partial charge in [-0.15, -0.1) is 0 Å². The number of hydrogen-bond acceptors (Lipinski definition) is 1. The minimum absolute atomic E-state index is 0.133. The molecule has 25 heavy (non-hydrogen) atoms. The molecule has 2 heteroatoms. The molecule has 126 valence electrons. The summed E-state index contributed by atoms with van der Waals surface area (Å²) in [5.41, 5.74) is 6.21. The van der Waals surface area contributed by atoms with E-state index in [1.54, 1.807) is 0 Å². The maximum absolute atomic E-state index is 4.68. The molecule has 3 aromatic rings. The van der Waals surface area contributed by atoms with Crippen LogP contribution in [0, 0.1) is 12.8 Å². The molecule has 1 saturated carbocycles. The summed E-state index contributed by atoms with van der Waals surface area (Å²) in [6.45, 7) is 6.13. The van der Waals surface area contributed by atoms with Gasteiger partial charge in [0, 0.05) is 5.92 Å². The van der Waals surface area contributed by atoms with E-state index in [-0.39, 0.29) is 5.54 Å². The quantitative estimate of drug-likeness (QED) is 0.574. The minimum atomic E-state index is 0.133. The standard InChI is InChI=1S/C21H18N2.C2H6/c1-15-5-4-6-16(11-15)17-8-9-20-19(12-17)22-14-23(20)21-10-3-2-7-18(21)13-21;1-2/h2-12,14,18H,13H2,1H3;1-2H3. The van der Waals surface area contributed by atoms with E-state index in [4.69, 9.17) is 0 Å². The number of nitrogens with zero attached hydrogens (tertiary/aromatic N) is 2. The SMILES string of the molecule is CC.Cc1cccc(-c2ccc3c(c2)ncn3C23C=CC=CC2C3)c1. The fourth-order valence-electron chi connectivity index (χ4n) is 3.85. The summed E-state index contributed by atoms with van der Waals surface area (Å²) in [5.74, 6) is 0.626. The molecule has 0 bridgehead atoms. The molecule has 0 radical (unpaired) electrons. The fraction of sp³-hybridized carbons (Fsp3) is 0.261. The van der Waals surface area contributed by atoms with E-state index in [0.717, 1.165) is 5.52 Å². The van der Waals surface area contributed by atoms with Gasteiger partial charge in [-0.05, 0) is 36.6 Å². The molecule has 5 rings (SSSR count). The third kappa shape index (κ3) is 2.53. The molecule has 2 aliphatic rings. The van der Waals surface area contributed by atoms with Crippen LogP contribution >= 0.6 is 0 Å². The number of benzene rings is 2. The number of rotatable bonds is 2. The average molecular weight is 328 g/mol. The van der Waals surface area contributed by atoms with Crippen molar-refractivity contribution in [3.05, 3.63) is 78.7 Å². The zero-order valence-electron chi connectivity index (χ0n) is 15.1. The van der Waals surface area contributed by atoms with Crippen LogP contribution in [-0.4, -0.2) is 9.55 Å². The van der Waals surface area contributed by atoms with Crippen LogP contribution in [0.15, 0.2) is 73.1 Å². The number of fused-ring (bicyclic) bond motifs is 2. The molecule has 0 amide bonds. The fourth-order valence-corrected chi connectivity index (χ4v) is 3.85. The number of hydrogen-bond donors (Lipinski definition) is 0. The second kappa shape index (κ2) is 6.03. The van der Waals surface area contributed by atoms with Crippen molar-refractivity contribution >= 4 is 11.0 Å². The Morgan fingerprint density at radius 3 is 2.68 bits per heavy atom. The highest BCUT2D eigenvalue weighted by Gasteiger charge is 2.53. The van der Waals surface area contributed by atoms with Crippen molar-refractivity contribution < 1.29 is 0 Å². The Morgan fingerprint density at radius 1 is 1.04 bits per heavy atom. The lowest BCUT2D eigenvalue weighted by Crippen LogP contribution is -2.16. The van der Waals surface area contributed by atoms with Gasteiger partial charge in [-0.1, -0.05) is 74.0 Å². The van der Waals surface area contributed by atoms with Gasteiger partial charge in [-0.25, -0.2) is 4.98 Å². The molecule has 1 fully saturated rings. The highest BCUT2D eigenvalue weighted by atomic mass is 15.2. The predicted octanol–water partition coefficient (Wildman–Crippen LogP) is 5.88. The number of imidazole rings is 1. The molecule has 2 aromatic carbocycles. The summed E-state index contributed by atoms with van der Waals surface area (Å²) in [6, 6.07) is 15.3. The van der Waals surface area contributed by atoms with Gasteiger partial charge in [0.05, 0.1) is 22.9 Å². The van der Waals surface area contributed by atoms with E-state index in [2.05, 4.69) is 83.2 Å². The summed E-state index contributed by atoms with van der Waals surface area (Å²) in [7, 11) is 0. The first kappa shape index (κ1) is 15.9. The lowest BCUT2D eigenvalue weighted by molar-refractivity contribution is 0.578. The Morgan fingerprint density at radius 2 is 1.88 bits per heavy atom. The molecule has 2 atom stereocenters. The van der Waals surface area contributed by atoms with Crippen LogP contribution < -0.4 is 0 Å². The van der Waals surface area contributed by atoms with Gasteiger partial charge in [0.2, 0.25) is 0 Å². The number of aromatic nitrogens is 2. The molecule has 2 nitrogen and oxygen atoms in total. The van der Waals surface area contributed by atoms with Crippen LogP contribution in [0.5, 0.6) is 0 Å². The lowest BCUT2D eigenvalue weighted by Gasteiger charge is -2.17. The smallest absolute Gasteiger partial charge is 0.0966 e. The van der Waals surface area contributed by atoms with Gasteiger partial charge in [-0.2, -0.15) is 0 Å². The van der Waals surface area contributed by atoms with Gasteiger partial charge in [0.15, 0.2) is 0 Å². The maximum Gasteiger partial charge on any atom is 0.0966 e. The largest absolute Gasteiger partial charge is 0.320 e. The van der Waals surface area contributed by atoms with Gasteiger partial charge in [-0.3, -0.25) is 0 Å². The second-order valence-electron chi connectivity index (χ2n) is 6.73. The first-order valence-corrected chi connectivity index (χ1v) is 9.17. The zero-order valence-corrected chi connectivity index (χ0v) is 15.1. The Bertz CT molecular complexity index is 977. The summed E-state index contributed by atoms with van der Waals surface area (Å²) in [4.78, 5) is 4.68. The lowest BCUT2D eigenvalue weighted by atomic mass is 10.0. The summed E-state index contributed by atoms with van der Waals surface area (Å²) in [5, 5.41) is 0. The van der Waals surface area contributed by atoms with Crippen LogP contribution in [0.4, 0.5) is 0 Å². The Hall–Kier alpha value is -2.61. The van der Waals surface area contributed by atoms with Gasteiger partial charge < -0.3 is 4.57 Å². The highest BCUT2D eigenvalue weighted by molar-refractivity contribution is 5.82. The van der Waals surface area contributed by atoms with Crippen LogP contribution in [-0.2, 0) is 5.54 Å². The second-order valence-corrected chi connectivity index (χ2v) is 6.73. The van der Waals surface area contributed by atoms with Crippen LogP contribution in [0.2, 0.25) is 0 Å². The first-order valence-electron chi connectivity index (χ1n) is 9.17. The Labute approximate surface area is 149 Å². The molecular weight excluding hydrogens is 304 g/mol. The Balaban J connectivity index is 0.000000758. The first-order chi connectivity index (χ1) is 12.3. The van der Waals surface area contributed by atoms with Crippen LogP contribution in [0.3, 0.4) is 0 Å². The molecule has 2 unspecified atom stereocenters. The zero-order chi connectivity index (χ0) is 17.4. The summed E-state index contributed by atoms with van der Waals surface area (Å²) in [6.07, 6.45) is 12.2. The number of aryl methyl sites for hydroxylation is 1. The van der Waals surface area contributed by atoms with Crippen molar-refractivity contribution in [2.75, 3.05) is 0 Å². The summed E-state index contributed by atoms with van der Waals surface area (Å²) < 4.78 is 2.35. The molecule has 0 saturated heterocycles. The van der Waals surface area contributed by atoms with Crippen LogP contribution in [0.1, 0.15) is 25.8 Å². The highest BCUT2D eigenvalue weighted by Crippen LogP contribution is 2.55. The van der Waals surface area contributed by atoms with E-state index < -0.39 is 0 Å². The normalized spacial score (nSPS) is 23.1. The predicted molar refractivity (Wildman–Crippen MR) is 106 cm³/mol. The third-order valence-corrected chi connectivity index (χ3v) is 5.22. The monoisotopic (exact) mass is 328 g/mol. The van der Waals surface area contributed by atoms with Crippen molar-refractivity contribution in [2.24, 2.45) is 5.92 Å². The molecular formula is C23H24N2. The van der Waals surface area contributed by atoms with Crippen molar-refractivity contribution in [3.63, 3.8) is 0 Å². The van der Waals surface area contributed by atoms with Crippen molar-refractivity contribution in [3.8, 4) is 11.1 Å². The minimum Gasteiger partial charge on any atom is -0.320 e. The molecule has 0 spiro atoms. The van der Waals surface area contributed by atoms with E-state index in [1.807, 2.05) is 20.2 Å². The number of allylic oxidation sites excluding steroid dienone is 4. The Kier molecular flexibility index (Phi) is 3.84. The molecule has 0 aliphatic heterocycles. The van der Waals surface area contributed by atoms with Crippen molar-refractivity contribution in [1.82, 2.24) is 9.55 Å². The van der Waals surface area contributed by atoms with Gasteiger partial charge in [0.25, 0.3) is 0 Å². The molecule has 1 heterocycles. The maximum atomic E-state index is 4.68. The topological polar surface area (TPSA) is 17.8 Å². The van der Waals surface area contributed by atoms with Gasteiger partial charge >= 0.3 is 0 Å². The molecule has 0 N–H and O–H groups in total. The van der Waals surface area contributed by atoms with Crippen molar-refractivity contribution in [1.29, 1.82) is 0 Å². The van der Waals surface area contributed by atoms with Gasteiger partial charge in [0.1, 0.15) is 0 Å². The summed E-state index contributed by atoms with van der Waals surface area (Å²) >= 11 is 0. The molecule has 2 aliphatic carbocycles. The van der Waals surface area contributed by atoms with E-state index >= 15 is 0 Å². The van der Waals surface area contributed by atoms with E-state index in [1.165, 1.54) is 28.6 Å².